The number of nitrogens with two attached hydrogens (primary N) is 1. The minimum Gasteiger partial charge on any atom is -0.481 e. The van der Waals surface area contributed by atoms with Gasteiger partial charge < -0.3 is 35.2 Å². The van der Waals surface area contributed by atoms with E-state index in [9.17, 15) is 33.8 Å². The van der Waals surface area contributed by atoms with Crippen molar-refractivity contribution in [3.05, 3.63) is 72.9 Å². The lowest BCUT2D eigenvalue weighted by molar-refractivity contribution is -0.161. The number of thioether (sulfide) groups is 1. The number of carboxylic acid groups (broad SMARTS) is 1. The summed E-state index contributed by atoms with van der Waals surface area (Å²) in [5.41, 5.74) is 6.12. The smallest absolute Gasteiger partial charge is 0.469 e. The average molecular weight is 884 g/mol. The summed E-state index contributed by atoms with van der Waals surface area (Å²) in [4.78, 5) is 54.8. The monoisotopic (exact) mass is 884 g/mol. The number of rotatable bonds is 40. The van der Waals surface area contributed by atoms with Crippen LogP contribution in [0.15, 0.2) is 72.9 Å². The molecule has 0 amide bonds. The van der Waals surface area contributed by atoms with Gasteiger partial charge in [-0.05, 0) is 70.6 Å². The van der Waals surface area contributed by atoms with Crippen molar-refractivity contribution in [2.45, 2.75) is 179 Å². The topological polar surface area (TPSA) is 203 Å². The molecule has 344 valence electrons. The lowest BCUT2D eigenvalue weighted by Crippen LogP contribution is -2.40. The van der Waals surface area contributed by atoms with Crippen LogP contribution in [0, 0.1) is 0 Å². The van der Waals surface area contributed by atoms with E-state index in [1.165, 1.54) is 63.1 Å². The number of phosphoric acid groups is 1. The zero-order chi connectivity index (χ0) is 44.5. The maximum atomic E-state index is 12.9. The summed E-state index contributed by atoms with van der Waals surface area (Å²) < 4.78 is 26.5. The van der Waals surface area contributed by atoms with Gasteiger partial charge in [0.05, 0.1) is 12.7 Å². The summed E-state index contributed by atoms with van der Waals surface area (Å²) in [6.07, 6.45) is 42.3. The summed E-state index contributed by atoms with van der Waals surface area (Å²) in [7, 11) is -4.92. The minimum absolute atomic E-state index is 0.00192. The van der Waals surface area contributed by atoms with Crippen LogP contribution in [0.2, 0.25) is 0 Å². The number of carboxylic acids is 1. The average Bonchev–Trinajstić information content (AvgIpc) is 3.20. The third kappa shape index (κ3) is 39.4. The first kappa shape index (κ1) is 57.2. The predicted octanol–water partition coefficient (Wildman–Crippen LogP) is 10.4. The Kier molecular flexibility index (Phi) is 38.4. The molecule has 0 aliphatic heterocycles. The van der Waals surface area contributed by atoms with E-state index in [2.05, 4.69) is 54.8 Å². The first-order valence-electron chi connectivity index (χ1n) is 22.2. The SMILES string of the molecule is CCCCC/C=C\C\C=C/C=C/C=C/[C@@H](SC[C@H](N)C(=O)O[C@H](COC(=O)CCCCCCCCC/C=C\C/C=C\CCCCC)COP(=O)(O)O)[C@@H](O)CCCC(=O)O. The number of carbonyl (C=O) groups excluding carboxylic acids is 2. The van der Waals surface area contributed by atoms with Crippen molar-refractivity contribution < 1.29 is 52.9 Å². The van der Waals surface area contributed by atoms with Crippen molar-refractivity contribution in [1.82, 2.24) is 0 Å². The highest BCUT2D eigenvalue weighted by molar-refractivity contribution is 8.00. The molecule has 0 rings (SSSR count). The molecule has 0 aliphatic rings. The summed E-state index contributed by atoms with van der Waals surface area (Å²) in [5, 5.41) is 19.3. The number of phosphoric ester groups is 1. The van der Waals surface area contributed by atoms with Gasteiger partial charge in [0.15, 0.2) is 6.10 Å². The summed E-state index contributed by atoms with van der Waals surface area (Å²) in [6.45, 7) is 3.20. The Hall–Kier alpha value is -2.77. The first-order valence-corrected chi connectivity index (χ1v) is 24.8. The zero-order valence-corrected chi connectivity index (χ0v) is 38.2. The number of aliphatic carboxylic acids is 1. The van der Waals surface area contributed by atoms with Crippen LogP contribution in [-0.2, 0) is 32.9 Å². The first-order chi connectivity index (χ1) is 28.9. The van der Waals surface area contributed by atoms with Crippen LogP contribution in [-0.4, -0.2) is 80.4 Å². The van der Waals surface area contributed by atoms with Gasteiger partial charge in [0.2, 0.25) is 0 Å². The van der Waals surface area contributed by atoms with Crippen LogP contribution >= 0.6 is 19.6 Å². The second kappa shape index (κ2) is 40.3. The number of carbonyl (C=O) groups is 3. The standard InChI is InChI=1S/C46H78NO11PS/c1-3-5-7-9-11-13-15-17-18-19-20-21-23-25-27-29-31-36-45(51)56-37-40(38-57-59(53,54)55)58-46(52)41(47)39-60-43(42(48)33-32-35-44(49)50)34-30-28-26-24-22-16-14-12-10-8-6-4-2/h11-14,17-18,22,24,26,28,30,34,40-43,48H,3-10,15-16,19-21,23,25,27,29,31-33,35-39,47H2,1-2H3,(H,49,50)(H2,53,54,55)/b13-11-,14-12-,18-17-,24-22-,28-26+,34-30+/t40-,41+,42+,43-/m1/s1. The van der Waals surface area contributed by atoms with Crippen LogP contribution in [0.1, 0.15) is 155 Å². The van der Waals surface area contributed by atoms with Gasteiger partial charge in [0.25, 0.3) is 0 Å². The van der Waals surface area contributed by atoms with Crippen LogP contribution in [0.3, 0.4) is 0 Å². The number of esters is 2. The molecular weight excluding hydrogens is 806 g/mol. The summed E-state index contributed by atoms with van der Waals surface area (Å²) >= 11 is 1.18. The Bertz CT molecular complexity index is 1330. The van der Waals surface area contributed by atoms with Crippen LogP contribution in [0.4, 0.5) is 0 Å². The van der Waals surface area contributed by atoms with E-state index in [4.69, 9.17) is 20.3 Å². The van der Waals surface area contributed by atoms with E-state index < -0.39 is 62.4 Å². The van der Waals surface area contributed by atoms with Crippen LogP contribution < -0.4 is 5.73 Å². The Morgan fingerprint density at radius 2 is 1.23 bits per heavy atom. The molecule has 4 atom stereocenters. The number of hydrogen-bond acceptors (Lipinski definition) is 10. The molecule has 14 heteroatoms. The maximum Gasteiger partial charge on any atom is 0.469 e. The molecule has 0 aromatic rings. The van der Waals surface area contributed by atoms with E-state index in [0.717, 1.165) is 57.8 Å². The Balaban J connectivity index is 4.83. The number of unbranched alkanes of at least 4 members (excludes halogenated alkanes) is 13. The Morgan fingerprint density at radius 1 is 0.683 bits per heavy atom. The Labute approximate surface area is 365 Å². The van der Waals surface area contributed by atoms with Crippen molar-refractivity contribution in [1.29, 1.82) is 0 Å². The largest absolute Gasteiger partial charge is 0.481 e. The molecule has 0 fully saturated rings. The van der Waals surface area contributed by atoms with Crippen molar-refractivity contribution in [2.75, 3.05) is 19.0 Å². The van der Waals surface area contributed by atoms with Crippen molar-refractivity contribution in [2.24, 2.45) is 5.73 Å². The molecule has 0 unspecified atom stereocenters. The molecule has 0 bridgehead atoms. The van der Waals surface area contributed by atoms with Crippen LogP contribution in [0.5, 0.6) is 0 Å². The van der Waals surface area contributed by atoms with E-state index in [0.29, 0.717) is 6.42 Å². The molecular formula is C46H78NO11PS. The van der Waals surface area contributed by atoms with Gasteiger partial charge in [-0.15, -0.1) is 11.8 Å². The second-order valence-electron chi connectivity index (χ2n) is 14.9. The fourth-order valence-corrected chi connectivity index (χ4v) is 7.19. The third-order valence-electron chi connectivity index (χ3n) is 9.20. The molecule has 0 spiro atoms. The molecule has 0 radical (unpaired) electrons. The third-order valence-corrected chi connectivity index (χ3v) is 11.1. The quantitative estimate of drug-likeness (QED) is 0.0128. The molecule has 6 N–H and O–H groups in total. The van der Waals surface area contributed by atoms with E-state index in [1.807, 2.05) is 18.2 Å². The number of aliphatic hydroxyl groups is 1. The number of allylic oxidation sites excluding steroid dienone is 11. The van der Waals surface area contributed by atoms with Crippen molar-refractivity contribution in [3.8, 4) is 0 Å². The molecule has 0 aromatic heterocycles. The fraction of sp³-hybridized carbons (Fsp3) is 0.674. The second-order valence-corrected chi connectivity index (χ2v) is 17.3. The Morgan fingerprint density at radius 3 is 1.82 bits per heavy atom. The lowest BCUT2D eigenvalue weighted by Gasteiger charge is -2.23. The fourth-order valence-electron chi connectivity index (χ4n) is 5.71. The molecule has 0 saturated heterocycles. The normalized spacial score (nSPS) is 14.6. The number of ether oxygens (including phenoxy) is 2. The molecule has 0 saturated carbocycles. The van der Waals surface area contributed by atoms with Crippen molar-refractivity contribution in [3.63, 3.8) is 0 Å². The lowest BCUT2D eigenvalue weighted by atomic mass is 10.1. The molecule has 0 aromatic carbocycles. The minimum atomic E-state index is -4.92. The van der Waals surface area contributed by atoms with Gasteiger partial charge >= 0.3 is 25.7 Å². The molecule has 0 aliphatic carbocycles. The van der Waals surface area contributed by atoms with Gasteiger partial charge in [-0.25, -0.2) is 4.57 Å². The van der Waals surface area contributed by atoms with Gasteiger partial charge in [0, 0.05) is 23.8 Å². The number of hydrogen-bond donors (Lipinski definition) is 5. The zero-order valence-electron chi connectivity index (χ0n) is 36.5. The molecule has 12 nitrogen and oxygen atoms in total. The highest BCUT2D eigenvalue weighted by Crippen LogP contribution is 2.36. The predicted molar refractivity (Wildman–Crippen MR) is 244 cm³/mol. The summed E-state index contributed by atoms with van der Waals surface area (Å²) in [5.74, 6) is -2.40. The van der Waals surface area contributed by atoms with Gasteiger partial charge in [-0.3, -0.25) is 18.9 Å². The van der Waals surface area contributed by atoms with E-state index in [-0.39, 0.29) is 31.4 Å². The molecule has 60 heavy (non-hydrogen) atoms. The van der Waals surface area contributed by atoms with E-state index in [1.54, 1.807) is 18.2 Å². The number of aliphatic hydroxyl groups excluding tert-OH is 1. The van der Waals surface area contributed by atoms with Gasteiger partial charge in [-0.2, -0.15) is 0 Å². The van der Waals surface area contributed by atoms with Crippen LogP contribution in [0.25, 0.3) is 0 Å². The van der Waals surface area contributed by atoms with E-state index >= 15 is 0 Å². The highest BCUT2D eigenvalue weighted by Gasteiger charge is 2.27. The van der Waals surface area contributed by atoms with Crippen molar-refractivity contribution >= 4 is 37.5 Å². The van der Waals surface area contributed by atoms with Gasteiger partial charge in [0.1, 0.15) is 12.6 Å². The highest BCUT2D eigenvalue weighted by atomic mass is 32.2. The molecule has 0 heterocycles. The summed E-state index contributed by atoms with van der Waals surface area (Å²) in [6, 6.07) is -1.21. The maximum absolute atomic E-state index is 12.9. The van der Waals surface area contributed by atoms with Gasteiger partial charge in [-0.1, -0.05) is 145 Å².